The van der Waals surface area contributed by atoms with Gasteiger partial charge in [-0.3, -0.25) is 0 Å². The molecular weight excluding hydrogens is 623 g/mol. The standard InChI is InChI=1S/C48H33NS/c1-2-10-32(11-3-1)35-13-8-14-38(30-35)49(39-26-29-41-36(31-39)23-28-43-40-15-5-4-12-33(40)22-27-44(41)43)37-24-20-34(21-25-37)42-17-9-18-46-45-16-6-7-19-47(45)50-48(42)46/h1-18,20-31,47H,19H2. The highest BCUT2D eigenvalue weighted by Gasteiger charge is 2.30. The maximum atomic E-state index is 2.40. The van der Waals surface area contributed by atoms with Crippen molar-refractivity contribution in [2.75, 3.05) is 4.90 Å². The van der Waals surface area contributed by atoms with E-state index in [-0.39, 0.29) is 0 Å². The molecule has 0 N–H and O–H groups in total. The number of anilines is 3. The van der Waals surface area contributed by atoms with E-state index in [2.05, 4.69) is 187 Å². The van der Waals surface area contributed by atoms with Crippen LogP contribution in [0.25, 0.3) is 60.1 Å². The molecule has 0 bridgehead atoms. The molecule has 2 aliphatic rings. The third kappa shape index (κ3) is 4.87. The minimum absolute atomic E-state index is 0.520. The SMILES string of the molecule is C1=CCC2Sc3c(cccc3-c3ccc(N(c4cccc(-c5ccccc5)c4)c4ccc5c(ccc6c7ccccc7ccc56)c4)cc3)C2=C1. The van der Waals surface area contributed by atoms with Crippen LogP contribution < -0.4 is 4.90 Å². The lowest BCUT2D eigenvalue weighted by Crippen LogP contribution is -2.10. The van der Waals surface area contributed by atoms with Gasteiger partial charge in [0.25, 0.3) is 0 Å². The molecule has 236 valence electrons. The van der Waals surface area contributed by atoms with Gasteiger partial charge in [-0.25, -0.2) is 0 Å². The topological polar surface area (TPSA) is 3.24 Å². The van der Waals surface area contributed by atoms with Crippen molar-refractivity contribution < 1.29 is 0 Å². The van der Waals surface area contributed by atoms with Gasteiger partial charge in [-0.2, -0.15) is 0 Å². The van der Waals surface area contributed by atoms with Gasteiger partial charge in [0, 0.05) is 27.2 Å². The van der Waals surface area contributed by atoms with E-state index >= 15 is 0 Å². The highest BCUT2D eigenvalue weighted by atomic mass is 32.2. The van der Waals surface area contributed by atoms with Crippen molar-refractivity contribution in [3.63, 3.8) is 0 Å². The van der Waals surface area contributed by atoms with E-state index in [1.165, 1.54) is 70.6 Å². The summed E-state index contributed by atoms with van der Waals surface area (Å²) in [5.41, 5.74) is 11.2. The minimum atomic E-state index is 0.520. The molecule has 1 aliphatic carbocycles. The predicted molar refractivity (Wildman–Crippen MR) is 216 cm³/mol. The number of fused-ring (bicyclic) bond motifs is 8. The first-order chi connectivity index (χ1) is 24.8. The molecule has 2 heteroatoms. The Labute approximate surface area is 296 Å². The van der Waals surface area contributed by atoms with Gasteiger partial charge in [0.1, 0.15) is 0 Å². The molecule has 0 saturated carbocycles. The molecule has 0 aromatic heterocycles. The summed E-state index contributed by atoms with van der Waals surface area (Å²) in [7, 11) is 0. The molecule has 8 aromatic rings. The number of thioether (sulfide) groups is 1. The van der Waals surface area contributed by atoms with Crippen LogP contribution in [-0.4, -0.2) is 5.25 Å². The van der Waals surface area contributed by atoms with Crippen molar-refractivity contribution in [2.45, 2.75) is 16.6 Å². The third-order valence-corrected chi connectivity index (χ3v) is 11.7. The fourth-order valence-corrected chi connectivity index (χ4v) is 9.34. The largest absolute Gasteiger partial charge is 0.310 e. The summed E-state index contributed by atoms with van der Waals surface area (Å²) >= 11 is 2.02. The molecule has 0 amide bonds. The van der Waals surface area contributed by atoms with Crippen LogP contribution in [0.15, 0.2) is 187 Å². The second-order valence-electron chi connectivity index (χ2n) is 13.2. The van der Waals surface area contributed by atoms with Crippen LogP contribution in [0.1, 0.15) is 12.0 Å². The third-order valence-electron chi connectivity index (χ3n) is 10.3. The molecule has 1 atom stereocenters. The molecule has 0 spiro atoms. The number of nitrogens with zero attached hydrogens (tertiary/aromatic N) is 1. The number of hydrogen-bond acceptors (Lipinski definition) is 2. The first-order valence-corrected chi connectivity index (χ1v) is 18.2. The zero-order chi connectivity index (χ0) is 33.0. The zero-order valence-corrected chi connectivity index (χ0v) is 28.3. The zero-order valence-electron chi connectivity index (χ0n) is 27.5. The van der Waals surface area contributed by atoms with Gasteiger partial charge in [0.15, 0.2) is 0 Å². The summed E-state index contributed by atoms with van der Waals surface area (Å²) in [4.78, 5) is 3.80. The van der Waals surface area contributed by atoms with E-state index in [4.69, 9.17) is 0 Å². The van der Waals surface area contributed by atoms with E-state index in [1.54, 1.807) is 0 Å². The number of rotatable bonds is 5. The fourth-order valence-electron chi connectivity index (χ4n) is 7.89. The number of benzene rings is 8. The Hall–Kier alpha value is -5.83. The Bertz CT molecular complexity index is 2650. The van der Waals surface area contributed by atoms with E-state index in [1.807, 2.05) is 11.8 Å². The molecule has 0 fully saturated rings. The van der Waals surface area contributed by atoms with Crippen LogP contribution in [0.5, 0.6) is 0 Å². The van der Waals surface area contributed by atoms with Gasteiger partial charge >= 0.3 is 0 Å². The quantitative estimate of drug-likeness (QED) is 0.170. The van der Waals surface area contributed by atoms with Crippen LogP contribution in [0.3, 0.4) is 0 Å². The Morgan fingerprint density at radius 3 is 2.02 bits per heavy atom. The van der Waals surface area contributed by atoms with Gasteiger partial charge < -0.3 is 4.90 Å². The Balaban J connectivity index is 1.10. The Morgan fingerprint density at radius 1 is 0.460 bits per heavy atom. The van der Waals surface area contributed by atoms with Gasteiger partial charge in [-0.05, 0) is 109 Å². The molecule has 8 aromatic carbocycles. The Morgan fingerprint density at radius 2 is 1.14 bits per heavy atom. The lowest BCUT2D eigenvalue weighted by Gasteiger charge is -2.27. The second-order valence-corrected chi connectivity index (χ2v) is 14.4. The van der Waals surface area contributed by atoms with E-state index in [0.717, 1.165) is 23.5 Å². The molecular formula is C48H33NS. The van der Waals surface area contributed by atoms with Crippen LogP contribution in [0.2, 0.25) is 0 Å². The maximum Gasteiger partial charge on any atom is 0.0468 e. The molecule has 1 unspecified atom stereocenters. The minimum Gasteiger partial charge on any atom is -0.310 e. The fraction of sp³-hybridized carbons (Fsp3) is 0.0417. The van der Waals surface area contributed by atoms with Crippen molar-refractivity contribution in [3.05, 3.63) is 188 Å². The van der Waals surface area contributed by atoms with Crippen LogP contribution in [0, 0.1) is 0 Å². The maximum absolute atomic E-state index is 2.40. The van der Waals surface area contributed by atoms with Crippen molar-refractivity contribution in [3.8, 4) is 22.3 Å². The summed E-state index contributed by atoms with van der Waals surface area (Å²) in [5, 5.41) is 8.17. The van der Waals surface area contributed by atoms with Crippen molar-refractivity contribution in [1.82, 2.24) is 0 Å². The average molecular weight is 656 g/mol. The second kappa shape index (κ2) is 11.9. The molecule has 1 nitrogen and oxygen atoms in total. The molecule has 0 radical (unpaired) electrons. The predicted octanol–water partition coefficient (Wildman–Crippen LogP) is 13.8. The van der Waals surface area contributed by atoms with Gasteiger partial charge in [-0.15, -0.1) is 11.8 Å². The van der Waals surface area contributed by atoms with Crippen molar-refractivity contribution in [1.29, 1.82) is 0 Å². The molecule has 1 heterocycles. The van der Waals surface area contributed by atoms with Gasteiger partial charge in [0.2, 0.25) is 0 Å². The Kier molecular flexibility index (Phi) is 6.96. The molecule has 1 aliphatic heterocycles. The number of hydrogen-bond donors (Lipinski definition) is 0. The molecule has 10 rings (SSSR count). The lowest BCUT2D eigenvalue weighted by atomic mass is 9.94. The molecule has 50 heavy (non-hydrogen) atoms. The summed E-state index contributed by atoms with van der Waals surface area (Å²) in [5.74, 6) is 0. The molecule has 0 saturated heterocycles. The van der Waals surface area contributed by atoms with Crippen molar-refractivity contribution >= 4 is 66.7 Å². The average Bonchev–Trinajstić information content (AvgIpc) is 3.57. The monoisotopic (exact) mass is 655 g/mol. The summed E-state index contributed by atoms with van der Waals surface area (Å²) in [6, 6.07) is 60.2. The van der Waals surface area contributed by atoms with Crippen LogP contribution in [-0.2, 0) is 0 Å². The highest BCUT2D eigenvalue weighted by Crippen LogP contribution is 2.51. The highest BCUT2D eigenvalue weighted by molar-refractivity contribution is 8.01. The normalized spacial score (nSPS) is 14.9. The first-order valence-electron chi connectivity index (χ1n) is 17.4. The number of allylic oxidation sites excluding steroid dienone is 3. The summed E-state index contributed by atoms with van der Waals surface area (Å²) < 4.78 is 0. The van der Waals surface area contributed by atoms with Crippen LogP contribution in [0.4, 0.5) is 17.1 Å². The van der Waals surface area contributed by atoms with Crippen LogP contribution >= 0.6 is 11.8 Å². The van der Waals surface area contributed by atoms with E-state index < -0.39 is 0 Å². The van der Waals surface area contributed by atoms with E-state index in [0.29, 0.717) is 5.25 Å². The lowest BCUT2D eigenvalue weighted by molar-refractivity contribution is 1.09. The van der Waals surface area contributed by atoms with Gasteiger partial charge in [-0.1, -0.05) is 146 Å². The van der Waals surface area contributed by atoms with E-state index in [9.17, 15) is 0 Å². The smallest absolute Gasteiger partial charge is 0.0468 e. The summed E-state index contributed by atoms with van der Waals surface area (Å²) in [6.45, 7) is 0. The van der Waals surface area contributed by atoms with Gasteiger partial charge in [0.05, 0.1) is 0 Å². The van der Waals surface area contributed by atoms with Crippen molar-refractivity contribution in [2.24, 2.45) is 0 Å². The first kappa shape index (κ1) is 29.1. The summed E-state index contributed by atoms with van der Waals surface area (Å²) in [6.07, 6.45) is 7.90.